The van der Waals surface area contributed by atoms with Crippen molar-refractivity contribution in [3.8, 4) is 17.2 Å². The van der Waals surface area contributed by atoms with Crippen LogP contribution in [0.4, 0.5) is 16.3 Å². The highest BCUT2D eigenvalue weighted by atomic mass is 32.2. The number of anilines is 2. The van der Waals surface area contributed by atoms with Gasteiger partial charge in [-0.3, -0.25) is 9.29 Å². The van der Waals surface area contributed by atoms with Gasteiger partial charge in [0, 0.05) is 19.5 Å². The van der Waals surface area contributed by atoms with Crippen LogP contribution < -0.4 is 19.1 Å². The molecule has 0 aliphatic carbocycles. The van der Waals surface area contributed by atoms with Gasteiger partial charge in [-0.25, -0.2) is 22.8 Å². The summed E-state index contributed by atoms with van der Waals surface area (Å²) in [5, 5.41) is 16.5. The van der Waals surface area contributed by atoms with Crippen molar-refractivity contribution in [2.45, 2.75) is 44.1 Å². The van der Waals surface area contributed by atoms with Gasteiger partial charge in [-0.15, -0.1) is 10.2 Å². The summed E-state index contributed by atoms with van der Waals surface area (Å²) in [7, 11) is -1.14. The Labute approximate surface area is 243 Å². The van der Waals surface area contributed by atoms with Gasteiger partial charge in [-0.2, -0.15) is 0 Å². The van der Waals surface area contributed by atoms with Crippen LogP contribution in [0.25, 0.3) is 5.69 Å². The first kappa shape index (κ1) is 31.3. The molecule has 0 saturated carbocycles. The van der Waals surface area contributed by atoms with Crippen LogP contribution in [-0.2, 0) is 25.9 Å². The number of benzene rings is 1. The van der Waals surface area contributed by atoms with Gasteiger partial charge in [0.05, 0.1) is 58.6 Å². The molecule has 1 aliphatic heterocycles. The number of aliphatic hydroxyl groups is 1. The first-order chi connectivity index (χ1) is 20.2. The van der Waals surface area contributed by atoms with Crippen molar-refractivity contribution >= 4 is 21.9 Å². The summed E-state index contributed by atoms with van der Waals surface area (Å²) in [6.45, 7) is 4.30. The van der Waals surface area contributed by atoms with Crippen molar-refractivity contribution in [3.63, 3.8) is 0 Å². The minimum absolute atomic E-state index is 0.0346. The second-order valence-electron chi connectivity index (χ2n) is 9.79. The van der Waals surface area contributed by atoms with Gasteiger partial charge in [0.1, 0.15) is 28.3 Å². The summed E-state index contributed by atoms with van der Waals surface area (Å²) in [5.41, 5.74) is 0.397. The molecule has 0 amide bonds. The van der Waals surface area contributed by atoms with Gasteiger partial charge < -0.3 is 29.0 Å². The lowest BCUT2D eigenvalue weighted by molar-refractivity contribution is 0.00147. The highest BCUT2D eigenvalue weighted by Gasteiger charge is 2.38. The molecule has 16 heteroatoms. The Morgan fingerprint density at radius 3 is 2.40 bits per heavy atom. The van der Waals surface area contributed by atoms with Gasteiger partial charge in [0.2, 0.25) is 21.9 Å². The number of hydrogen-bond acceptors (Lipinski definition) is 12. The van der Waals surface area contributed by atoms with Gasteiger partial charge in [-0.05, 0) is 32.4 Å². The molecule has 1 fully saturated rings. The maximum Gasteiger partial charge on any atom is 0.243 e. The number of methoxy groups -OCH3 is 2. The Bertz CT molecular complexity index is 1400. The Morgan fingerprint density at radius 2 is 1.79 bits per heavy atom. The molecular weight excluding hydrogens is 573 g/mol. The lowest BCUT2D eigenvalue weighted by atomic mass is 10.1. The molecule has 230 valence electrons. The molecule has 0 unspecified atom stereocenters. The van der Waals surface area contributed by atoms with Crippen LogP contribution in [0.1, 0.15) is 26.1 Å². The summed E-state index contributed by atoms with van der Waals surface area (Å²) < 4.78 is 68.0. The first-order valence-corrected chi connectivity index (χ1v) is 14.9. The zero-order chi connectivity index (χ0) is 30.3. The van der Waals surface area contributed by atoms with E-state index in [-0.39, 0.29) is 57.2 Å². The maximum absolute atomic E-state index is 13.9. The molecule has 1 saturated heterocycles. The molecule has 0 spiro atoms. The Morgan fingerprint density at radius 1 is 1.10 bits per heavy atom. The third-order valence-electron chi connectivity index (χ3n) is 6.46. The fraction of sp³-hybridized carbons (Fsp3) is 0.538. The minimum atomic E-state index is -4.11. The summed E-state index contributed by atoms with van der Waals surface area (Å²) in [4.78, 5) is 9.75. The molecule has 0 bridgehead atoms. The average Bonchev–Trinajstić information content (AvgIpc) is 3.35. The topological polar surface area (TPSA) is 163 Å². The van der Waals surface area contributed by atoms with E-state index >= 15 is 0 Å². The van der Waals surface area contributed by atoms with E-state index in [9.17, 15) is 12.8 Å². The minimum Gasteiger partial charge on any atom is -0.494 e. The van der Waals surface area contributed by atoms with Crippen LogP contribution in [-0.4, -0.2) is 103 Å². The largest absolute Gasteiger partial charge is 0.494 e. The fourth-order valence-corrected chi connectivity index (χ4v) is 6.12. The number of rotatable bonds is 14. The lowest BCUT2D eigenvalue weighted by Crippen LogP contribution is -2.51. The van der Waals surface area contributed by atoms with Gasteiger partial charge in [-0.1, -0.05) is 6.07 Å². The zero-order valence-electron chi connectivity index (χ0n) is 23.9. The number of nitrogens with one attached hydrogen (secondary N) is 1. The number of halogens is 1. The number of nitrogens with zero attached hydrogens (tertiary/aromatic N) is 6. The van der Waals surface area contributed by atoms with Crippen molar-refractivity contribution in [2.24, 2.45) is 0 Å². The van der Waals surface area contributed by atoms with Gasteiger partial charge in [0.25, 0.3) is 0 Å². The quantitative estimate of drug-likeness (QED) is 0.254. The number of sulfonamides is 1. The van der Waals surface area contributed by atoms with Crippen molar-refractivity contribution in [2.75, 3.05) is 56.8 Å². The molecule has 1 aromatic carbocycles. The first-order valence-electron chi connectivity index (χ1n) is 13.4. The van der Waals surface area contributed by atoms with E-state index in [1.165, 1.54) is 18.8 Å². The van der Waals surface area contributed by atoms with E-state index in [1.54, 1.807) is 23.1 Å². The van der Waals surface area contributed by atoms with Crippen LogP contribution in [0.3, 0.4) is 0 Å². The lowest BCUT2D eigenvalue weighted by Gasteiger charge is -2.37. The number of para-hydroxylation sites is 1. The molecule has 14 nitrogen and oxygen atoms in total. The smallest absolute Gasteiger partial charge is 0.243 e. The second kappa shape index (κ2) is 14.0. The third kappa shape index (κ3) is 7.42. The SMILES string of the molecule is COc1cccc(OC)c1-n1c(CCOCCO)nnc1NS(=O)(=O)[C@H]1C[C@@H](OC(C)C)CN(c2ncc(F)cn2)C1. The van der Waals surface area contributed by atoms with E-state index in [1.807, 2.05) is 13.8 Å². The van der Waals surface area contributed by atoms with Crippen LogP contribution >= 0.6 is 0 Å². The molecule has 3 aromatic rings. The van der Waals surface area contributed by atoms with Crippen LogP contribution in [0.2, 0.25) is 0 Å². The van der Waals surface area contributed by atoms with E-state index in [2.05, 4.69) is 24.9 Å². The van der Waals surface area contributed by atoms with Crippen LogP contribution in [0.15, 0.2) is 30.6 Å². The van der Waals surface area contributed by atoms with Crippen molar-refractivity contribution in [1.82, 2.24) is 24.7 Å². The summed E-state index contributed by atoms with van der Waals surface area (Å²) >= 11 is 0. The van der Waals surface area contributed by atoms with E-state index in [0.29, 0.717) is 29.6 Å². The summed E-state index contributed by atoms with van der Waals surface area (Å²) in [5.74, 6) is 0.691. The van der Waals surface area contributed by atoms with Crippen LogP contribution in [0.5, 0.6) is 11.5 Å². The highest BCUT2D eigenvalue weighted by molar-refractivity contribution is 7.93. The van der Waals surface area contributed by atoms with Crippen molar-refractivity contribution < 1.29 is 36.9 Å². The standard InChI is InChI=1S/C26H36FN7O7S/c1-17(2)41-19-12-20(16-33(15-19)25-28-13-18(27)14-29-25)42(36,37)32-26-31-30-23(8-10-40-11-9-35)34(26)24-21(38-3)6-5-7-22(24)39-4/h5-7,13-14,17,19-20,35H,8-12,15-16H2,1-4H3,(H,31,32)/t19-,20+/m1/s1. The number of piperidine rings is 1. The molecular formula is C26H36FN7O7S. The predicted molar refractivity (Wildman–Crippen MR) is 151 cm³/mol. The Hall–Kier alpha value is -3.60. The molecule has 2 aromatic heterocycles. The van der Waals surface area contributed by atoms with Gasteiger partial charge in [0.15, 0.2) is 5.82 Å². The summed E-state index contributed by atoms with van der Waals surface area (Å²) in [6.07, 6.45) is 1.90. The monoisotopic (exact) mass is 609 g/mol. The number of aliphatic hydroxyl groups excluding tert-OH is 1. The number of aromatic nitrogens is 5. The molecule has 4 rings (SSSR count). The maximum atomic E-state index is 13.9. The molecule has 2 atom stereocenters. The number of ether oxygens (including phenoxy) is 4. The van der Waals surface area contributed by atoms with Crippen molar-refractivity contribution in [1.29, 1.82) is 0 Å². The molecule has 1 aliphatic rings. The average molecular weight is 610 g/mol. The normalized spacial score (nSPS) is 17.5. The summed E-state index contributed by atoms with van der Waals surface area (Å²) in [6, 6.07) is 5.15. The molecule has 42 heavy (non-hydrogen) atoms. The highest BCUT2D eigenvalue weighted by Crippen LogP contribution is 2.36. The Balaban J connectivity index is 1.70. The molecule has 0 radical (unpaired) electrons. The second-order valence-corrected chi connectivity index (χ2v) is 11.8. The zero-order valence-corrected chi connectivity index (χ0v) is 24.8. The number of hydrogen-bond donors (Lipinski definition) is 2. The Kier molecular flexibility index (Phi) is 10.5. The van der Waals surface area contributed by atoms with Gasteiger partial charge >= 0.3 is 0 Å². The van der Waals surface area contributed by atoms with E-state index < -0.39 is 27.2 Å². The van der Waals surface area contributed by atoms with E-state index in [4.69, 9.17) is 24.1 Å². The third-order valence-corrected chi connectivity index (χ3v) is 8.15. The van der Waals surface area contributed by atoms with E-state index in [0.717, 1.165) is 12.4 Å². The predicted octanol–water partition coefficient (Wildman–Crippen LogP) is 1.58. The van der Waals surface area contributed by atoms with Crippen LogP contribution in [0, 0.1) is 5.82 Å². The van der Waals surface area contributed by atoms with Crippen molar-refractivity contribution in [3.05, 3.63) is 42.2 Å². The molecule has 3 heterocycles. The fourth-order valence-electron chi connectivity index (χ4n) is 4.72. The molecule has 2 N–H and O–H groups in total.